The van der Waals surface area contributed by atoms with Crippen molar-refractivity contribution in [3.05, 3.63) is 229 Å². The van der Waals surface area contributed by atoms with Gasteiger partial charge in [0.1, 0.15) is 0 Å². The third-order valence-corrected chi connectivity index (χ3v) is 16.3. The summed E-state index contributed by atoms with van der Waals surface area (Å²) < 4.78 is 4.83. The average molecular weight is 894 g/mol. The number of benzene rings is 8. The van der Waals surface area contributed by atoms with Gasteiger partial charge in [0.05, 0.1) is 6.71 Å². The van der Waals surface area contributed by atoms with Crippen LogP contribution in [0.4, 0.5) is 0 Å². The molecular formula is C55H57BNiOP2Si. The Bertz CT molecular complexity index is 2260. The van der Waals surface area contributed by atoms with Crippen molar-refractivity contribution in [2.24, 2.45) is 0 Å². The summed E-state index contributed by atoms with van der Waals surface area (Å²) in [4.78, 5) is 0. The molecule has 8 aromatic carbocycles. The molecule has 8 aromatic rings. The molecule has 6 heteroatoms. The standard InChI is InChI=1S/C45H40BP2.C6H7Si.C4H10O.Ni/c1-34-32-35(2)45(36(3)33-34)46(41-28-16-18-30-43(41)47(37-20-8-4-9-21-37)38-22-10-5-11-23-38)42-29-17-19-31-44(42)48(39-24-12-6-13-25-39)40-26-14-7-15-27-40;7-6-4-2-1-3-5-6;1-3-5-4-2;/h4-33,46H,1-3H3;1-5H,7H2;3-4H2,1-2H3;/q2*-1;;+2. The van der Waals surface area contributed by atoms with Crippen LogP contribution >= 0.6 is 15.8 Å². The Kier molecular flexibility index (Phi) is 19.2. The zero-order valence-corrected chi connectivity index (χ0v) is 40.3. The van der Waals surface area contributed by atoms with E-state index in [-0.39, 0.29) is 16.5 Å². The van der Waals surface area contributed by atoms with Gasteiger partial charge in [-0.15, -0.1) is 0 Å². The Labute approximate surface area is 382 Å². The molecular weight excluding hydrogens is 836 g/mol. The van der Waals surface area contributed by atoms with E-state index in [4.69, 9.17) is 4.74 Å². The van der Waals surface area contributed by atoms with Crippen molar-refractivity contribution in [2.75, 3.05) is 13.2 Å². The van der Waals surface area contributed by atoms with Gasteiger partial charge in [0.2, 0.25) is 0 Å². The minimum Gasteiger partial charge on any atom is -0.382 e. The summed E-state index contributed by atoms with van der Waals surface area (Å²) in [5.74, 6) is 0. The first-order chi connectivity index (χ1) is 29.4. The van der Waals surface area contributed by atoms with Crippen molar-refractivity contribution < 1.29 is 21.2 Å². The molecule has 0 aliphatic heterocycles. The Hall–Kier alpha value is -4.64. The topological polar surface area (TPSA) is 9.23 Å². The van der Waals surface area contributed by atoms with E-state index in [1.165, 1.54) is 70.1 Å². The molecule has 0 fully saturated rings. The van der Waals surface area contributed by atoms with Gasteiger partial charge in [-0.25, -0.2) is 5.19 Å². The number of rotatable bonds is 11. The van der Waals surface area contributed by atoms with Crippen LogP contribution in [0, 0.1) is 20.8 Å². The Morgan fingerprint density at radius 2 is 0.721 bits per heavy atom. The second-order valence-corrected chi connectivity index (χ2v) is 20.1. The molecule has 0 N–H and O–H groups in total. The minimum atomic E-state index is -1.22. The summed E-state index contributed by atoms with van der Waals surface area (Å²) in [5.41, 5.74) is 8.51. The summed E-state index contributed by atoms with van der Waals surface area (Å²) in [6.45, 7) is 11.3. The molecule has 0 aliphatic carbocycles. The van der Waals surface area contributed by atoms with Crippen LogP contribution in [0.15, 0.2) is 212 Å². The fourth-order valence-corrected chi connectivity index (χ4v) is 13.6. The van der Waals surface area contributed by atoms with E-state index in [0.717, 1.165) is 13.2 Å². The van der Waals surface area contributed by atoms with Gasteiger partial charge in [-0.05, 0) is 82.3 Å². The quantitative estimate of drug-likeness (QED) is 0.0976. The van der Waals surface area contributed by atoms with Crippen LogP contribution in [-0.4, -0.2) is 30.2 Å². The molecule has 0 atom stereocenters. The maximum atomic E-state index is 4.83. The summed E-state index contributed by atoms with van der Waals surface area (Å²) in [7, 11) is 0.318. The van der Waals surface area contributed by atoms with Crippen molar-refractivity contribution >= 4 is 86.2 Å². The van der Waals surface area contributed by atoms with Gasteiger partial charge in [0.15, 0.2) is 0 Å². The molecule has 0 saturated heterocycles. The zero-order chi connectivity index (χ0) is 42.1. The van der Waals surface area contributed by atoms with Crippen LogP contribution in [-0.2, 0) is 21.2 Å². The van der Waals surface area contributed by atoms with Crippen LogP contribution in [0.25, 0.3) is 0 Å². The monoisotopic (exact) mass is 892 g/mol. The fourth-order valence-electron chi connectivity index (χ4n) is 8.25. The second kappa shape index (κ2) is 24.7. The number of aryl methyl sites for hydroxylation is 3. The Morgan fingerprint density at radius 1 is 0.426 bits per heavy atom. The molecule has 0 aromatic heterocycles. The van der Waals surface area contributed by atoms with E-state index in [2.05, 4.69) is 215 Å². The van der Waals surface area contributed by atoms with Crippen LogP contribution < -0.4 is 53.4 Å². The fraction of sp³-hybridized carbons (Fsp3) is 0.127. The molecule has 0 unspecified atom stereocenters. The largest absolute Gasteiger partial charge is 2.00 e. The summed E-state index contributed by atoms with van der Waals surface area (Å²) in [6, 6.07) is 78.4. The maximum absolute atomic E-state index is 4.83. The summed E-state index contributed by atoms with van der Waals surface area (Å²) in [5, 5.41) is 9.76. The van der Waals surface area contributed by atoms with Crippen LogP contribution in [0.1, 0.15) is 30.5 Å². The predicted molar refractivity (Wildman–Crippen MR) is 274 cm³/mol. The van der Waals surface area contributed by atoms with Crippen molar-refractivity contribution in [1.82, 2.24) is 0 Å². The van der Waals surface area contributed by atoms with Crippen molar-refractivity contribution in [3.8, 4) is 0 Å². The van der Waals surface area contributed by atoms with E-state index < -0.39 is 22.6 Å². The molecule has 0 amide bonds. The van der Waals surface area contributed by atoms with E-state index in [1.54, 1.807) is 0 Å². The molecule has 0 bridgehead atoms. The molecule has 1 nitrogen and oxygen atoms in total. The minimum absolute atomic E-state index is 0. The Balaban J connectivity index is 0.000000472. The molecule has 0 heterocycles. The third kappa shape index (κ3) is 12.7. The first-order valence-electron chi connectivity index (χ1n) is 21.1. The van der Waals surface area contributed by atoms with Crippen LogP contribution in [0.3, 0.4) is 0 Å². The molecule has 0 aliphatic rings. The first-order valence-corrected chi connectivity index (χ1v) is 24.5. The predicted octanol–water partition coefficient (Wildman–Crippen LogP) is 7.36. The Morgan fingerprint density at radius 3 is 1.00 bits per heavy atom. The van der Waals surface area contributed by atoms with Crippen molar-refractivity contribution in [1.29, 1.82) is 0 Å². The molecule has 8 rings (SSSR count). The number of hydrogen-bond acceptors (Lipinski definition) is 1. The van der Waals surface area contributed by atoms with Gasteiger partial charge < -0.3 is 15.0 Å². The normalized spacial score (nSPS) is 10.6. The van der Waals surface area contributed by atoms with Gasteiger partial charge in [-0.2, -0.15) is 16.4 Å². The number of ether oxygens (including phenoxy) is 1. The zero-order valence-electron chi connectivity index (χ0n) is 36.2. The first kappa shape index (κ1) is 47.4. The van der Waals surface area contributed by atoms with Crippen LogP contribution in [0.5, 0.6) is 0 Å². The number of hydrogen-bond donors (Lipinski definition) is 0. The maximum Gasteiger partial charge on any atom is 2.00 e. The van der Waals surface area contributed by atoms with Gasteiger partial charge in [0, 0.05) is 13.2 Å². The third-order valence-electron chi connectivity index (χ3n) is 10.7. The van der Waals surface area contributed by atoms with Gasteiger partial charge in [0.25, 0.3) is 0 Å². The molecule has 0 saturated carbocycles. The van der Waals surface area contributed by atoms with Crippen LogP contribution in [0.2, 0.25) is 0 Å². The van der Waals surface area contributed by atoms with Gasteiger partial charge >= 0.3 is 16.5 Å². The van der Waals surface area contributed by atoms with E-state index in [0.29, 0.717) is 0 Å². The van der Waals surface area contributed by atoms with E-state index in [1.807, 2.05) is 42.3 Å². The average Bonchev–Trinajstić information content (AvgIpc) is 3.28. The molecule has 0 radical (unpaired) electrons. The van der Waals surface area contributed by atoms with E-state index >= 15 is 0 Å². The van der Waals surface area contributed by atoms with E-state index in [9.17, 15) is 0 Å². The van der Waals surface area contributed by atoms with Crippen molar-refractivity contribution in [2.45, 2.75) is 34.6 Å². The van der Waals surface area contributed by atoms with Gasteiger partial charge in [-0.3, -0.25) is 0 Å². The molecule has 310 valence electrons. The SMILES string of the molecule is CCOCC.Cc1cc(C)c([BH-](c2ccccc2P(c2ccccc2)c2ccccc2)c2ccccc2P(c2ccccc2)c2ccccc2)c(C)c1.[Ni+2].[SiH2-]c1ccccc1. The van der Waals surface area contributed by atoms with Crippen molar-refractivity contribution in [3.63, 3.8) is 0 Å². The summed E-state index contributed by atoms with van der Waals surface area (Å²) in [6.07, 6.45) is 0. The smallest absolute Gasteiger partial charge is 0.382 e. The summed E-state index contributed by atoms with van der Waals surface area (Å²) >= 11 is 0. The molecule has 0 spiro atoms. The van der Waals surface area contributed by atoms with Gasteiger partial charge in [-0.1, -0.05) is 229 Å². The molecule has 61 heavy (non-hydrogen) atoms. The second-order valence-electron chi connectivity index (χ2n) is 14.9.